The number of nitrogens with zero attached hydrogens (tertiary/aromatic N) is 1. The van der Waals surface area contributed by atoms with Crippen LogP contribution < -0.4 is 5.73 Å². The van der Waals surface area contributed by atoms with Crippen LogP contribution in [0, 0.1) is 5.82 Å². The van der Waals surface area contributed by atoms with Crippen molar-refractivity contribution in [2.45, 2.75) is 23.5 Å². The SMILES string of the molecule is CCC1CN(S(=O)(=O)c2cccc(F)c2C(N)=S)CCS1. The molecule has 1 aromatic carbocycles. The lowest BCUT2D eigenvalue weighted by molar-refractivity contribution is 0.415. The average molecular weight is 348 g/mol. The van der Waals surface area contributed by atoms with Gasteiger partial charge in [0.1, 0.15) is 10.8 Å². The number of sulfonamides is 1. The summed E-state index contributed by atoms with van der Waals surface area (Å²) in [5, 5.41) is 0.260. The average Bonchev–Trinajstić information content (AvgIpc) is 2.46. The van der Waals surface area contributed by atoms with Crippen LogP contribution in [0.3, 0.4) is 0 Å². The van der Waals surface area contributed by atoms with Crippen molar-refractivity contribution in [2.24, 2.45) is 5.73 Å². The Labute approximate surface area is 133 Å². The molecule has 0 saturated carbocycles. The molecular formula is C13H17FN2O2S3. The van der Waals surface area contributed by atoms with Crippen molar-refractivity contribution in [2.75, 3.05) is 18.8 Å². The second kappa shape index (κ2) is 6.60. The maximum absolute atomic E-state index is 13.9. The molecule has 2 N–H and O–H groups in total. The van der Waals surface area contributed by atoms with Gasteiger partial charge in [0.05, 0.1) is 10.5 Å². The Kier molecular flexibility index (Phi) is 5.24. The molecule has 1 aliphatic heterocycles. The number of halogens is 1. The molecule has 1 fully saturated rings. The van der Waals surface area contributed by atoms with Gasteiger partial charge in [0.25, 0.3) is 0 Å². The van der Waals surface area contributed by atoms with E-state index in [1.165, 1.54) is 16.4 Å². The normalized spacial score (nSPS) is 20.4. The molecule has 1 aliphatic rings. The molecule has 1 unspecified atom stereocenters. The Bertz CT molecular complexity index is 649. The first-order valence-electron chi connectivity index (χ1n) is 6.58. The van der Waals surface area contributed by atoms with E-state index in [2.05, 4.69) is 0 Å². The fourth-order valence-electron chi connectivity index (χ4n) is 2.26. The van der Waals surface area contributed by atoms with Gasteiger partial charge < -0.3 is 5.73 Å². The van der Waals surface area contributed by atoms with E-state index in [1.807, 2.05) is 6.92 Å². The van der Waals surface area contributed by atoms with Crippen LogP contribution in [0.25, 0.3) is 0 Å². The molecule has 0 bridgehead atoms. The van der Waals surface area contributed by atoms with Gasteiger partial charge >= 0.3 is 0 Å². The van der Waals surface area contributed by atoms with E-state index in [0.717, 1.165) is 18.2 Å². The van der Waals surface area contributed by atoms with E-state index >= 15 is 0 Å². The monoisotopic (exact) mass is 348 g/mol. The summed E-state index contributed by atoms with van der Waals surface area (Å²) in [6.45, 7) is 2.87. The molecule has 0 aliphatic carbocycles. The number of hydrogen-bond acceptors (Lipinski definition) is 4. The summed E-state index contributed by atoms with van der Waals surface area (Å²) in [4.78, 5) is -0.387. The molecule has 4 nitrogen and oxygen atoms in total. The standard InChI is InChI=1S/C13H17FN2O2S3/c1-2-9-8-16(6-7-20-9)21(17,18)11-5-3-4-10(14)12(11)13(15)19/h3-5,9H,2,6-8H2,1H3,(H2,15,19). The molecule has 1 heterocycles. The number of thiocarbonyl (C=S) groups is 1. The number of thioether (sulfide) groups is 1. The molecule has 21 heavy (non-hydrogen) atoms. The predicted molar refractivity (Wildman–Crippen MR) is 87.6 cm³/mol. The minimum atomic E-state index is -3.79. The van der Waals surface area contributed by atoms with Crippen molar-refractivity contribution in [3.63, 3.8) is 0 Å². The number of benzene rings is 1. The molecule has 0 amide bonds. The summed E-state index contributed by atoms with van der Waals surface area (Å²) in [5.74, 6) is 0.0251. The van der Waals surface area contributed by atoms with E-state index in [-0.39, 0.29) is 20.7 Å². The smallest absolute Gasteiger partial charge is 0.243 e. The minimum absolute atomic E-state index is 0.142. The fraction of sp³-hybridized carbons (Fsp3) is 0.462. The highest BCUT2D eigenvalue weighted by atomic mass is 32.2. The van der Waals surface area contributed by atoms with Crippen molar-refractivity contribution in [3.05, 3.63) is 29.6 Å². The van der Waals surface area contributed by atoms with E-state index in [1.54, 1.807) is 11.8 Å². The molecule has 0 radical (unpaired) electrons. The molecule has 2 rings (SSSR count). The lowest BCUT2D eigenvalue weighted by Gasteiger charge is -2.31. The van der Waals surface area contributed by atoms with E-state index < -0.39 is 15.8 Å². The van der Waals surface area contributed by atoms with Gasteiger partial charge in [-0.1, -0.05) is 25.2 Å². The highest BCUT2D eigenvalue weighted by Crippen LogP contribution is 2.28. The molecule has 0 aromatic heterocycles. The third kappa shape index (κ3) is 3.39. The summed E-state index contributed by atoms with van der Waals surface area (Å²) in [6.07, 6.45) is 0.891. The van der Waals surface area contributed by atoms with Crippen molar-refractivity contribution < 1.29 is 12.8 Å². The first kappa shape index (κ1) is 16.7. The van der Waals surface area contributed by atoms with Crippen molar-refractivity contribution in [1.29, 1.82) is 0 Å². The van der Waals surface area contributed by atoms with Crippen LogP contribution in [0.5, 0.6) is 0 Å². The van der Waals surface area contributed by atoms with Gasteiger partial charge in [0.15, 0.2) is 0 Å². The summed E-state index contributed by atoms with van der Waals surface area (Å²) >= 11 is 6.57. The highest BCUT2D eigenvalue weighted by molar-refractivity contribution is 8.00. The topological polar surface area (TPSA) is 63.4 Å². The van der Waals surface area contributed by atoms with Crippen LogP contribution in [0.15, 0.2) is 23.1 Å². The second-order valence-corrected chi connectivity index (χ2v) is 8.50. The molecule has 116 valence electrons. The number of nitrogens with two attached hydrogens (primary N) is 1. The first-order chi connectivity index (χ1) is 9.87. The van der Waals surface area contributed by atoms with E-state index in [9.17, 15) is 12.8 Å². The largest absolute Gasteiger partial charge is 0.389 e. The Hall–Kier alpha value is -0.700. The molecule has 0 spiro atoms. The first-order valence-corrected chi connectivity index (χ1v) is 9.47. The van der Waals surface area contributed by atoms with Crippen molar-refractivity contribution >= 4 is 39.0 Å². The molecule has 1 saturated heterocycles. The van der Waals surface area contributed by atoms with Gasteiger partial charge in [-0.15, -0.1) is 0 Å². The van der Waals surface area contributed by atoms with Crippen LogP contribution in [-0.4, -0.2) is 41.8 Å². The predicted octanol–water partition coefficient (Wildman–Crippen LogP) is 1.98. The maximum Gasteiger partial charge on any atom is 0.243 e. The van der Waals surface area contributed by atoms with Gasteiger partial charge in [-0.05, 0) is 18.6 Å². The van der Waals surface area contributed by atoms with Gasteiger partial charge in [-0.25, -0.2) is 12.8 Å². The number of hydrogen-bond donors (Lipinski definition) is 1. The van der Waals surface area contributed by atoms with Crippen LogP contribution in [0.4, 0.5) is 4.39 Å². The summed E-state index contributed by atoms with van der Waals surface area (Å²) in [5.41, 5.74) is 5.30. The van der Waals surface area contributed by atoms with Gasteiger partial charge in [0.2, 0.25) is 10.0 Å². The quantitative estimate of drug-likeness (QED) is 0.843. The van der Waals surface area contributed by atoms with Gasteiger partial charge in [-0.3, -0.25) is 0 Å². The fourth-order valence-corrected chi connectivity index (χ4v) is 5.62. The third-order valence-electron chi connectivity index (χ3n) is 3.40. The van der Waals surface area contributed by atoms with Crippen LogP contribution >= 0.6 is 24.0 Å². The van der Waals surface area contributed by atoms with E-state index in [4.69, 9.17) is 18.0 Å². The minimum Gasteiger partial charge on any atom is -0.389 e. The molecule has 1 atom stereocenters. The Morgan fingerprint density at radius 3 is 2.90 bits per heavy atom. The highest BCUT2D eigenvalue weighted by Gasteiger charge is 2.32. The van der Waals surface area contributed by atoms with Crippen LogP contribution in [0.1, 0.15) is 18.9 Å². The van der Waals surface area contributed by atoms with Crippen molar-refractivity contribution in [3.8, 4) is 0 Å². The third-order valence-corrected chi connectivity index (χ3v) is 6.88. The maximum atomic E-state index is 13.9. The summed E-state index contributed by atoms with van der Waals surface area (Å²) in [7, 11) is -3.79. The lowest BCUT2D eigenvalue weighted by Crippen LogP contribution is -2.42. The second-order valence-electron chi connectivity index (χ2n) is 4.74. The van der Waals surface area contributed by atoms with Crippen LogP contribution in [0.2, 0.25) is 0 Å². The van der Waals surface area contributed by atoms with Crippen LogP contribution in [-0.2, 0) is 10.0 Å². The Morgan fingerprint density at radius 1 is 1.57 bits per heavy atom. The lowest BCUT2D eigenvalue weighted by atomic mass is 10.2. The van der Waals surface area contributed by atoms with Crippen molar-refractivity contribution in [1.82, 2.24) is 4.31 Å². The number of rotatable bonds is 4. The summed E-state index contributed by atoms with van der Waals surface area (Å²) < 4.78 is 40.8. The van der Waals surface area contributed by atoms with Gasteiger partial charge in [0, 0.05) is 24.1 Å². The zero-order chi connectivity index (χ0) is 15.6. The molecular weight excluding hydrogens is 331 g/mol. The summed E-state index contributed by atoms with van der Waals surface area (Å²) in [6, 6.07) is 3.88. The zero-order valence-electron chi connectivity index (χ0n) is 11.6. The Morgan fingerprint density at radius 2 is 2.29 bits per heavy atom. The Balaban J connectivity index is 2.45. The molecule has 1 aromatic rings. The van der Waals surface area contributed by atoms with E-state index in [0.29, 0.717) is 13.1 Å². The zero-order valence-corrected chi connectivity index (χ0v) is 14.0. The molecule has 8 heteroatoms. The van der Waals surface area contributed by atoms with Gasteiger partial charge in [-0.2, -0.15) is 16.1 Å².